The van der Waals surface area contributed by atoms with Crippen LogP contribution >= 0.6 is 22.9 Å². The first kappa shape index (κ1) is 13.8. The van der Waals surface area contributed by atoms with Gasteiger partial charge in [0.05, 0.1) is 9.21 Å². The van der Waals surface area contributed by atoms with Gasteiger partial charge in [0.15, 0.2) is 0 Å². The van der Waals surface area contributed by atoms with Crippen molar-refractivity contribution in [2.24, 2.45) is 0 Å². The minimum absolute atomic E-state index is 0.0970. The van der Waals surface area contributed by atoms with Crippen molar-refractivity contribution >= 4 is 28.8 Å². The maximum Gasteiger partial charge on any atom is 0.263 e. The summed E-state index contributed by atoms with van der Waals surface area (Å²) in [6.07, 6.45) is 4.44. The fourth-order valence-corrected chi connectivity index (χ4v) is 3.55. The zero-order valence-corrected chi connectivity index (χ0v) is 12.4. The number of hydrogen-bond acceptors (Lipinski definition) is 3. The average molecular weight is 287 g/mol. The van der Waals surface area contributed by atoms with Crippen LogP contribution in [-0.2, 0) is 0 Å². The second-order valence-electron chi connectivity index (χ2n) is 4.81. The van der Waals surface area contributed by atoms with Crippen molar-refractivity contribution in [3.05, 3.63) is 21.3 Å². The second-order valence-corrected chi connectivity index (χ2v) is 6.53. The molecule has 0 atom stereocenters. The molecule has 3 nitrogen and oxygen atoms in total. The minimum Gasteiger partial charge on any atom is -0.338 e. The quantitative estimate of drug-likeness (QED) is 0.926. The Bertz CT molecular complexity index is 413. The zero-order chi connectivity index (χ0) is 13.1. The SMILES string of the molecule is CNC1CCC(N(C)C(=O)c2ccc(Cl)s2)CC1. The molecule has 1 amide bonds. The van der Waals surface area contributed by atoms with Crippen LogP contribution in [0.25, 0.3) is 0 Å². The number of carbonyl (C=O) groups is 1. The summed E-state index contributed by atoms with van der Waals surface area (Å²) in [5.74, 6) is 0.0970. The highest BCUT2D eigenvalue weighted by Gasteiger charge is 2.26. The molecular formula is C13H19ClN2OS. The molecule has 0 aromatic carbocycles. The van der Waals surface area contributed by atoms with Gasteiger partial charge in [0, 0.05) is 19.1 Å². The van der Waals surface area contributed by atoms with Gasteiger partial charge in [-0.05, 0) is 44.9 Å². The summed E-state index contributed by atoms with van der Waals surface area (Å²) in [4.78, 5) is 14.9. The molecular weight excluding hydrogens is 268 g/mol. The predicted octanol–water partition coefficient (Wildman–Crippen LogP) is 3.00. The Hall–Kier alpha value is -0.580. The van der Waals surface area contributed by atoms with E-state index in [2.05, 4.69) is 5.32 Å². The molecule has 1 heterocycles. The van der Waals surface area contributed by atoms with Crippen LogP contribution in [0.15, 0.2) is 12.1 Å². The Labute approximate surface area is 117 Å². The number of nitrogens with one attached hydrogen (secondary N) is 1. The molecule has 0 saturated heterocycles. The fourth-order valence-electron chi connectivity index (χ4n) is 2.52. The van der Waals surface area contributed by atoms with Gasteiger partial charge in [-0.1, -0.05) is 11.6 Å². The number of halogens is 1. The maximum absolute atomic E-state index is 12.3. The van der Waals surface area contributed by atoms with Gasteiger partial charge in [-0.15, -0.1) is 11.3 Å². The van der Waals surface area contributed by atoms with Gasteiger partial charge in [0.25, 0.3) is 5.91 Å². The number of thiophene rings is 1. The van der Waals surface area contributed by atoms with Crippen molar-refractivity contribution in [1.29, 1.82) is 0 Å². The highest BCUT2D eigenvalue weighted by atomic mass is 35.5. The summed E-state index contributed by atoms with van der Waals surface area (Å²) in [7, 11) is 3.91. The van der Waals surface area contributed by atoms with E-state index in [-0.39, 0.29) is 5.91 Å². The van der Waals surface area contributed by atoms with Crippen LogP contribution in [0.3, 0.4) is 0 Å². The number of rotatable bonds is 3. The van der Waals surface area contributed by atoms with Crippen molar-refractivity contribution < 1.29 is 4.79 Å². The lowest BCUT2D eigenvalue weighted by Crippen LogP contribution is -2.42. The molecule has 1 aromatic heterocycles. The molecule has 0 bridgehead atoms. The molecule has 0 unspecified atom stereocenters. The summed E-state index contributed by atoms with van der Waals surface area (Å²) < 4.78 is 0.672. The van der Waals surface area contributed by atoms with Crippen LogP contribution in [-0.4, -0.2) is 37.0 Å². The number of hydrogen-bond donors (Lipinski definition) is 1. The molecule has 2 rings (SSSR count). The molecule has 1 N–H and O–H groups in total. The van der Waals surface area contributed by atoms with E-state index in [0.717, 1.165) is 30.6 Å². The van der Waals surface area contributed by atoms with E-state index in [4.69, 9.17) is 11.6 Å². The molecule has 1 aliphatic carbocycles. The van der Waals surface area contributed by atoms with Gasteiger partial charge < -0.3 is 10.2 Å². The molecule has 1 aliphatic rings. The zero-order valence-electron chi connectivity index (χ0n) is 10.8. The number of amides is 1. The Balaban J connectivity index is 1.95. The van der Waals surface area contributed by atoms with E-state index in [1.54, 1.807) is 6.07 Å². The monoisotopic (exact) mass is 286 g/mol. The minimum atomic E-state index is 0.0970. The van der Waals surface area contributed by atoms with Crippen LogP contribution in [0, 0.1) is 0 Å². The number of carbonyl (C=O) groups excluding carboxylic acids is 1. The Morgan fingerprint density at radius 1 is 1.39 bits per heavy atom. The van der Waals surface area contributed by atoms with E-state index in [0.29, 0.717) is 16.4 Å². The van der Waals surface area contributed by atoms with Gasteiger partial charge in [-0.2, -0.15) is 0 Å². The molecule has 0 aliphatic heterocycles. The van der Waals surface area contributed by atoms with Crippen LogP contribution < -0.4 is 5.32 Å². The van der Waals surface area contributed by atoms with Gasteiger partial charge in [-0.3, -0.25) is 4.79 Å². The first-order chi connectivity index (χ1) is 8.61. The summed E-state index contributed by atoms with van der Waals surface area (Å²) in [5, 5.41) is 3.31. The van der Waals surface area contributed by atoms with E-state index in [1.165, 1.54) is 11.3 Å². The van der Waals surface area contributed by atoms with Gasteiger partial charge in [0.2, 0.25) is 0 Å². The largest absolute Gasteiger partial charge is 0.338 e. The lowest BCUT2D eigenvalue weighted by atomic mass is 9.90. The van der Waals surface area contributed by atoms with Crippen molar-refractivity contribution in [2.45, 2.75) is 37.8 Å². The molecule has 18 heavy (non-hydrogen) atoms. The van der Waals surface area contributed by atoms with E-state index < -0.39 is 0 Å². The summed E-state index contributed by atoms with van der Waals surface area (Å²) in [6.45, 7) is 0. The van der Waals surface area contributed by atoms with E-state index in [1.807, 2.05) is 25.1 Å². The normalized spacial score (nSPS) is 23.9. The molecule has 0 spiro atoms. The molecule has 1 fully saturated rings. The third-order valence-electron chi connectivity index (χ3n) is 3.76. The van der Waals surface area contributed by atoms with Crippen molar-refractivity contribution in [1.82, 2.24) is 10.2 Å². The Morgan fingerprint density at radius 3 is 2.56 bits per heavy atom. The topological polar surface area (TPSA) is 32.3 Å². The lowest BCUT2D eigenvalue weighted by molar-refractivity contribution is 0.0690. The highest BCUT2D eigenvalue weighted by molar-refractivity contribution is 7.17. The molecule has 1 saturated carbocycles. The lowest BCUT2D eigenvalue weighted by Gasteiger charge is -2.34. The molecule has 1 aromatic rings. The fraction of sp³-hybridized carbons (Fsp3) is 0.615. The smallest absolute Gasteiger partial charge is 0.263 e. The molecule has 100 valence electrons. The van der Waals surface area contributed by atoms with Crippen LogP contribution in [0.5, 0.6) is 0 Å². The van der Waals surface area contributed by atoms with Crippen molar-refractivity contribution in [3.63, 3.8) is 0 Å². The van der Waals surface area contributed by atoms with Crippen molar-refractivity contribution in [2.75, 3.05) is 14.1 Å². The van der Waals surface area contributed by atoms with E-state index >= 15 is 0 Å². The van der Waals surface area contributed by atoms with Gasteiger partial charge in [-0.25, -0.2) is 0 Å². The van der Waals surface area contributed by atoms with Crippen LogP contribution in [0.1, 0.15) is 35.4 Å². The predicted molar refractivity (Wildman–Crippen MR) is 76.5 cm³/mol. The Morgan fingerprint density at radius 2 is 2.06 bits per heavy atom. The van der Waals surface area contributed by atoms with E-state index in [9.17, 15) is 4.79 Å². The van der Waals surface area contributed by atoms with Gasteiger partial charge in [0.1, 0.15) is 0 Å². The van der Waals surface area contributed by atoms with Gasteiger partial charge >= 0.3 is 0 Å². The van der Waals surface area contributed by atoms with Crippen molar-refractivity contribution in [3.8, 4) is 0 Å². The number of nitrogens with zero attached hydrogens (tertiary/aromatic N) is 1. The third-order valence-corrected chi connectivity index (χ3v) is 4.98. The summed E-state index contributed by atoms with van der Waals surface area (Å²) >= 11 is 7.23. The second kappa shape index (κ2) is 6.04. The first-order valence-corrected chi connectivity index (χ1v) is 7.51. The summed E-state index contributed by atoms with van der Waals surface area (Å²) in [5.41, 5.74) is 0. The highest BCUT2D eigenvalue weighted by Crippen LogP contribution is 2.26. The summed E-state index contributed by atoms with van der Waals surface area (Å²) in [6, 6.07) is 4.57. The standard InChI is InChI=1S/C13H19ClN2OS/c1-15-9-3-5-10(6-4-9)16(2)13(17)11-7-8-12(14)18-11/h7-10,15H,3-6H2,1-2H3. The molecule has 0 radical (unpaired) electrons. The third kappa shape index (κ3) is 3.05. The maximum atomic E-state index is 12.3. The van der Waals surface area contributed by atoms with Crippen LogP contribution in [0.4, 0.5) is 0 Å². The molecule has 5 heteroatoms. The van der Waals surface area contributed by atoms with Crippen LogP contribution in [0.2, 0.25) is 4.34 Å². The Kier molecular flexibility index (Phi) is 4.65. The first-order valence-electron chi connectivity index (χ1n) is 6.31. The average Bonchev–Trinajstić information content (AvgIpc) is 2.84.